The van der Waals surface area contributed by atoms with Crippen molar-refractivity contribution in [1.82, 2.24) is 14.6 Å². The van der Waals surface area contributed by atoms with Crippen LogP contribution >= 0.6 is 0 Å². The van der Waals surface area contributed by atoms with E-state index in [1.54, 1.807) is 7.05 Å². The second kappa shape index (κ2) is 11.2. The molecule has 0 radical (unpaired) electrons. The summed E-state index contributed by atoms with van der Waals surface area (Å²) in [4.78, 5) is 10.5. The molecule has 3 rings (SSSR count). The molecule has 1 fully saturated rings. The standard InChI is InChI=1S/C23H28F3N5O3S/c1-28-13-17(12-27)22-11-20(35(32,33)30-18-4-3-9-31(2)14-18)10-21(29-22)16-5-7-19(8-6-16)34-15-23(24,25)26/h5-8,10-13,18,30H,3-4,9,14-15,27H2,1-2H3/b17-12+,28-13?/t18-/m0/s1. The fraction of sp³-hybridized carbons (Fsp3) is 0.391. The van der Waals surface area contributed by atoms with Crippen LogP contribution in [0.2, 0.25) is 0 Å². The highest BCUT2D eigenvalue weighted by atomic mass is 32.2. The number of nitrogens with zero attached hydrogens (tertiary/aromatic N) is 3. The Hall–Kier alpha value is -2.96. The molecule has 0 spiro atoms. The van der Waals surface area contributed by atoms with Crippen LogP contribution in [0.15, 0.2) is 52.5 Å². The molecule has 1 saturated heterocycles. The monoisotopic (exact) mass is 511 g/mol. The Balaban J connectivity index is 1.98. The van der Waals surface area contributed by atoms with Gasteiger partial charge >= 0.3 is 6.18 Å². The molecule has 0 saturated carbocycles. The van der Waals surface area contributed by atoms with Crippen LogP contribution in [0.25, 0.3) is 16.8 Å². The van der Waals surface area contributed by atoms with Gasteiger partial charge in [0.1, 0.15) is 5.75 Å². The summed E-state index contributed by atoms with van der Waals surface area (Å²) in [5, 5.41) is 0. The normalized spacial score (nSPS) is 18.2. The molecule has 35 heavy (non-hydrogen) atoms. The van der Waals surface area contributed by atoms with Crippen LogP contribution in [0.4, 0.5) is 13.2 Å². The van der Waals surface area contributed by atoms with Gasteiger partial charge in [0.25, 0.3) is 0 Å². The van der Waals surface area contributed by atoms with Crippen molar-refractivity contribution < 1.29 is 26.3 Å². The maximum Gasteiger partial charge on any atom is 0.422 e. The summed E-state index contributed by atoms with van der Waals surface area (Å²) in [5.41, 5.74) is 7.21. The van der Waals surface area contributed by atoms with Gasteiger partial charge in [0.05, 0.1) is 16.3 Å². The summed E-state index contributed by atoms with van der Waals surface area (Å²) < 4.78 is 71.3. The number of aliphatic imine (C=N–C) groups is 1. The van der Waals surface area contributed by atoms with Gasteiger partial charge in [-0.2, -0.15) is 13.2 Å². The van der Waals surface area contributed by atoms with Gasteiger partial charge in [-0.1, -0.05) is 0 Å². The number of likely N-dealkylation sites (N-methyl/N-ethyl adjacent to an activating group) is 1. The smallest absolute Gasteiger partial charge is 0.422 e. The number of nitrogens with two attached hydrogens (primary N) is 1. The largest absolute Gasteiger partial charge is 0.484 e. The first-order chi connectivity index (χ1) is 16.5. The molecule has 8 nitrogen and oxygen atoms in total. The quantitative estimate of drug-likeness (QED) is 0.527. The number of alkyl halides is 3. The van der Waals surface area contributed by atoms with Crippen molar-refractivity contribution in [2.45, 2.75) is 30.0 Å². The minimum atomic E-state index is -4.45. The first-order valence-electron chi connectivity index (χ1n) is 10.9. The topological polar surface area (TPSA) is 110 Å². The van der Waals surface area contributed by atoms with Gasteiger partial charge in [0.15, 0.2) is 6.61 Å². The van der Waals surface area contributed by atoms with Gasteiger partial charge in [-0.3, -0.25) is 4.99 Å². The zero-order valence-corrected chi connectivity index (χ0v) is 20.2. The Morgan fingerprint density at radius 3 is 2.63 bits per heavy atom. The van der Waals surface area contributed by atoms with E-state index < -0.39 is 22.8 Å². The SMILES string of the molecule is CN=C/C(=C\N)c1cc(S(=O)(=O)N[C@H]2CCCN(C)C2)cc(-c2ccc(OCC(F)(F)F)cc2)n1. The average molecular weight is 512 g/mol. The maximum atomic E-state index is 13.3. The third-order valence-corrected chi connectivity index (χ3v) is 6.85. The van der Waals surface area contributed by atoms with Crippen LogP contribution in [-0.4, -0.2) is 70.5 Å². The van der Waals surface area contributed by atoms with E-state index in [1.807, 2.05) is 7.05 Å². The molecule has 190 valence electrons. The van der Waals surface area contributed by atoms with Crippen LogP contribution < -0.4 is 15.2 Å². The van der Waals surface area contributed by atoms with Crippen molar-refractivity contribution in [1.29, 1.82) is 0 Å². The summed E-state index contributed by atoms with van der Waals surface area (Å²) in [6.07, 6.45) is -0.118. The Morgan fingerprint density at radius 2 is 2.03 bits per heavy atom. The number of ether oxygens (including phenoxy) is 1. The molecule has 0 unspecified atom stereocenters. The van der Waals surface area contributed by atoms with Crippen molar-refractivity contribution in [3.8, 4) is 17.0 Å². The molecule has 1 aliphatic rings. The van der Waals surface area contributed by atoms with E-state index in [2.05, 4.69) is 19.6 Å². The number of piperidine rings is 1. The second-order valence-corrected chi connectivity index (χ2v) is 9.95. The highest BCUT2D eigenvalue weighted by Gasteiger charge is 2.28. The predicted molar refractivity (Wildman–Crippen MR) is 129 cm³/mol. The van der Waals surface area contributed by atoms with E-state index in [9.17, 15) is 21.6 Å². The van der Waals surface area contributed by atoms with Crippen LogP contribution in [0.5, 0.6) is 5.75 Å². The number of hydrogen-bond donors (Lipinski definition) is 2. The molecule has 1 aromatic heterocycles. The Labute approximate surface area is 202 Å². The lowest BCUT2D eigenvalue weighted by Gasteiger charge is -2.30. The van der Waals surface area contributed by atoms with E-state index in [-0.39, 0.29) is 22.4 Å². The molecular weight excluding hydrogens is 483 g/mol. The van der Waals surface area contributed by atoms with Crippen LogP contribution in [0, 0.1) is 0 Å². The first kappa shape index (κ1) is 26.6. The van der Waals surface area contributed by atoms with E-state index in [0.29, 0.717) is 23.4 Å². The third kappa shape index (κ3) is 7.51. The number of pyridine rings is 1. The first-order valence-corrected chi connectivity index (χ1v) is 12.4. The number of allylic oxidation sites excluding steroid dienone is 1. The number of hydrogen-bond acceptors (Lipinski definition) is 7. The average Bonchev–Trinajstić information content (AvgIpc) is 2.80. The number of rotatable bonds is 8. The van der Waals surface area contributed by atoms with Gasteiger partial charge in [-0.15, -0.1) is 0 Å². The van der Waals surface area contributed by atoms with Crippen molar-refractivity contribution in [3.05, 3.63) is 48.3 Å². The summed E-state index contributed by atoms with van der Waals surface area (Å²) in [6, 6.07) is 8.36. The molecule has 0 amide bonds. The van der Waals surface area contributed by atoms with Crippen molar-refractivity contribution in [3.63, 3.8) is 0 Å². The molecule has 3 N–H and O–H groups in total. The molecule has 2 aromatic rings. The lowest BCUT2D eigenvalue weighted by molar-refractivity contribution is -0.153. The molecule has 1 aliphatic heterocycles. The number of sulfonamides is 1. The molecule has 12 heteroatoms. The zero-order valence-electron chi connectivity index (χ0n) is 19.4. The van der Waals surface area contributed by atoms with Gasteiger partial charge in [0.2, 0.25) is 10.0 Å². The van der Waals surface area contributed by atoms with E-state index in [1.165, 1.54) is 48.8 Å². The van der Waals surface area contributed by atoms with Crippen molar-refractivity contribution in [2.75, 3.05) is 33.8 Å². The second-order valence-electron chi connectivity index (χ2n) is 8.23. The van der Waals surface area contributed by atoms with Crippen LogP contribution in [-0.2, 0) is 10.0 Å². The van der Waals surface area contributed by atoms with Gasteiger partial charge in [0, 0.05) is 43.2 Å². The maximum absolute atomic E-state index is 13.3. The minimum Gasteiger partial charge on any atom is -0.484 e. The number of halogens is 3. The zero-order chi connectivity index (χ0) is 25.6. The number of aromatic nitrogens is 1. The van der Waals surface area contributed by atoms with Crippen LogP contribution in [0.3, 0.4) is 0 Å². The summed E-state index contributed by atoms with van der Waals surface area (Å²) >= 11 is 0. The molecule has 2 heterocycles. The highest BCUT2D eigenvalue weighted by molar-refractivity contribution is 7.89. The Kier molecular flexibility index (Phi) is 8.51. The van der Waals surface area contributed by atoms with Crippen molar-refractivity contribution in [2.24, 2.45) is 10.7 Å². The minimum absolute atomic E-state index is 0.00743. The number of benzene rings is 1. The highest BCUT2D eigenvalue weighted by Crippen LogP contribution is 2.27. The summed E-state index contributed by atoms with van der Waals surface area (Å²) in [7, 11) is -0.420. The van der Waals surface area contributed by atoms with E-state index in [0.717, 1.165) is 19.4 Å². The third-order valence-electron chi connectivity index (χ3n) is 5.35. The van der Waals surface area contributed by atoms with E-state index >= 15 is 0 Å². The van der Waals surface area contributed by atoms with Gasteiger partial charge in [-0.25, -0.2) is 18.1 Å². The molecule has 0 bridgehead atoms. The fourth-order valence-corrected chi connectivity index (χ4v) is 5.03. The predicted octanol–water partition coefficient (Wildman–Crippen LogP) is 3.06. The Morgan fingerprint density at radius 1 is 1.31 bits per heavy atom. The summed E-state index contributed by atoms with van der Waals surface area (Å²) in [5.74, 6) is 0.0267. The Bertz CT molecular complexity index is 1180. The lowest BCUT2D eigenvalue weighted by Crippen LogP contribution is -2.46. The summed E-state index contributed by atoms with van der Waals surface area (Å²) in [6.45, 7) is 0.0941. The van der Waals surface area contributed by atoms with Gasteiger partial charge < -0.3 is 15.4 Å². The number of likely N-dealkylation sites (tertiary alicyclic amines) is 1. The molecule has 1 aromatic carbocycles. The van der Waals surface area contributed by atoms with E-state index in [4.69, 9.17) is 10.5 Å². The van der Waals surface area contributed by atoms with Gasteiger partial charge in [-0.05, 0) is 62.8 Å². The number of nitrogens with one attached hydrogen (secondary N) is 1. The molecular formula is C23H28F3N5O3S. The fourth-order valence-electron chi connectivity index (χ4n) is 3.73. The van der Waals surface area contributed by atoms with Crippen LogP contribution in [0.1, 0.15) is 18.5 Å². The lowest BCUT2D eigenvalue weighted by atomic mass is 10.1. The molecule has 1 atom stereocenters. The van der Waals surface area contributed by atoms with Crippen molar-refractivity contribution >= 4 is 21.8 Å². The molecule has 0 aliphatic carbocycles.